The van der Waals surface area contributed by atoms with Gasteiger partial charge in [0.15, 0.2) is 0 Å². The van der Waals surface area contributed by atoms with E-state index in [4.69, 9.17) is 0 Å². The molecule has 2 rings (SSSR count). The first-order valence-corrected chi connectivity index (χ1v) is 7.24. The van der Waals surface area contributed by atoms with E-state index in [-0.39, 0.29) is 12.1 Å². The molecule has 0 aromatic carbocycles. The van der Waals surface area contributed by atoms with Crippen molar-refractivity contribution in [2.45, 2.75) is 64.0 Å². The van der Waals surface area contributed by atoms with E-state index in [1.807, 2.05) is 6.92 Å². The normalized spacial score (nSPS) is 37.9. The number of likely N-dealkylation sites (tertiary alicyclic amines) is 1. The van der Waals surface area contributed by atoms with Crippen molar-refractivity contribution in [2.75, 3.05) is 13.1 Å². The Morgan fingerprint density at radius 3 is 2.72 bits per heavy atom. The fourth-order valence-corrected chi connectivity index (χ4v) is 3.67. The van der Waals surface area contributed by atoms with Crippen LogP contribution in [0.3, 0.4) is 0 Å². The van der Waals surface area contributed by atoms with Crippen LogP contribution in [-0.2, 0) is 4.79 Å². The lowest BCUT2D eigenvalue weighted by molar-refractivity contribution is -0.149. The zero-order chi connectivity index (χ0) is 13.2. The summed E-state index contributed by atoms with van der Waals surface area (Å²) in [5, 5.41) is 19.6. The molecule has 0 spiro atoms. The third kappa shape index (κ3) is 2.54. The molecule has 0 bridgehead atoms. The summed E-state index contributed by atoms with van der Waals surface area (Å²) in [5.41, 5.74) is -0.564. The Bertz CT molecular complexity index is 307. The lowest BCUT2D eigenvalue weighted by atomic mass is 9.82. The zero-order valence-corrected chi connectivity index (χ0v) is 11.3. The third-order valence-electron chi connectivity index (χ3n) is 4.73. The number of aliphatic hydroxyl groups is 1. The highest BCUT2D eigenvalue weighted by atomic mass is 16.4. The number of carboxylic acid groups (broad SMARTS) is 1. The predicted molar refractivity (Wildman–Crippen MR) is 69.4 cm³/mol. The van der Waals surface area contributed by atoms with Crippen LogP contribution < -0.4 is 0 Å². The number of aliphatic hydroxyl groups excluding tert-OH is 1. The number of rotatable bonds is 4. The smallest absolute Gasteiger partial charge is 0.310 e. The molecule has 1 aliphatic carbocycles. The topological polar surface area (TPSA) is 60.8 Å². The summed E-state index contributed by atoms with van der Waals surface area (Å²) >= 11 is 0. The van der Waals surface area contributed by atoms with Crippen LogP contribution in [0.4, 0.5) is 0 Å². The molecule has 104 valence electrons. The third-order valence-corrected chi connectivity index (χ3v) is 4.73. The molecule has 18 heavy (non-hydrogen) atoms. The van der Waals surface area contributed by atoms with Crippen molar-refractivity contribution >= 4 is 5.97 Å². The predicted octanol–water partition coefficient (Wildman–Crippen LogP) is 1.87. The summed E-state index contributed by atoms with van der Waals surface area (Å²) in [5.74, 6) is -0.655. The Balaban J connectivity index is 2.03. The molecular weight excluding hydrogens is 230 g/mol. The largest absolute Gasteiger partial charge is 0.481 e. The highest BCUT2D eigenvalue weighted by Crippen LogP contribution is 2.38. The summed E-state index contributed by atoms with van der Waals surface area (Å²) in [7, 11) is 0. The van der Waals surface area contributed by atoms with Crippen LogP contribution >= 0.6 is 0 Å². The minimum Gasteiger partial charge on any atom is -0.481 e. The first-order valence-electron chi connectivity index (χ1n) is 7.24. The summed E-state index contributed by atoms with van der Waals surface area (Å²) in [6.45, 7) is 3.49. The van der Waals surface area contributed by atoms with Crippen molar-refractivity contribution < 1.29 is 15.0 Å². The fourth-order valence-electron chi connectivity index (χ4n) is 3.67. The molecule has 1 aliphatic heterocycles. The van der Waals surface area contributed by atoms with E-state index in [0.717, 1.165) is 51.5 Å². The van der Waals surface area contributed by atoms with Gasteiger partial charge in [-0.3, -0.25) is 9.69 Å². The van der Waals surface area contributed by atoms with Gasteiger partial charge in [0.2, 0.25) is 0 Å². The van der Waals surface area contributed by atoms with Crippen molar-refractivity contribution in [3.05, 3.63) is 0 Å². The van der Waals surface area contributed by atoms with Crippen molar-refractivity contribution in [1.82, 2.24) is 4.90 Å². The van der Waals surface area contributed by atoms with E-state index in [2.05, 4.69) is 4.90 Å². The van der Waals surface area contributed by atoms with Crippen LogP contribution in [0.25, 0.3) is 0 Å². The molecule has 1 saturated heterocycles. The van der Waals surface area contributed by atoms with Crippen molar-refractivity contribution in [2.24, 2.45) is 5.41 Å². The van der Waals surface area contributed by atoms with Gasteiger partial charge in [-0.15, -0.1) is 0 Å². The van der Waals surface area contributed by atoms with Gasteiger partial charge >= 0.3 is 5.97 Å². The van der Waals surface area contributed by atoms with E-state index in [0.29, 0.717) is 6.54 Å². The molecular formula is C14H25NO3. The second-order valence-electron chi connectivity index (χ2n) is 5.98. The molecule has 0 aromatic heterocycles. The number of hydrogen-bond donors (Lipinski definition) is 2. The quantitative estimate of drug-likeness (QED) is 0.805. The number of nitrogens with zero attached hydrogens (tertiary/aromatic N) is 1. The van der Waals surface area contributed by atoms with Gasteiger partial charge in [-0.25, -0.2) is 0 Å². The average molecular weight is 255 g/mol. The maximum Gasteiger partial charge on any atom is 0.310 e. The molecule has 3 atom stereocenters. The number of aliphatic carboxylic acids is 1. The summed E-state index contributed by atoms with van der Waals surface area (Å²) in [6.07, 6.45) is 6.29. The molecule has 0 radical (unpaired) electrons. The Labute approximate surface area is 109 Å². The Morgan fingerprint density at radius 2 is 2.11 bits per heavy atom. The van der Waals surface area contributed by atoms with Crippen LogP contribution in [0, 0.1) is 5.41 Å². The number of carbonyl (C=O) groups is 1. The van der Waals surface area contributed by atoms with Crippen LogP contribution in [-0.4, -0.2) is 46.3 Å². The van der Waals surface area contributed by atoms with E-state index in [1.54, 1.807) is 0 Å². The first-order chi connectivity index (χ1) is 8.59. The second-order valence-corrected chi connectivity index (χ2v) is 5.98. The minimum atomic E-state index is -0.655. The van der Waals surface area contributed by atoms with Crippen LogP contribution in [0.15, 0.2) is 0 Å². The zero-order valence-electron chi connectivity index (χ0n) is 11.3. The molecule has 3 unspecified atom stereocenters. The van der Waals surface area contributed by atoms with Gasteiger partial charge in [-0.05, 0) is 32.2 Å². The molecule has 0 aromatic rings. The maximum absolute atomic E-state index is 11.5. The molecule has 0 amide bonds. The lowest BCUT2D eigenvalue weighted by Crippen LogP contribution is -2.46. The highest BCUT2D eigenvalue weighted by molar-refractivity contribution is 5.75. The van der Waals surface area contributed by atoms with Gasteiger partial charge in [0, 0.05) is 12.6 Å². The van der Waals surface area contributed by atoms with Gasteiger partial charge in [0.25, 0.3) is 0 Å². The SMILES string of the molecule is CCCC1(C(=O)O)CCN(C2CCCCC2O)C1. The van der Waals surface area contributed by atoms with Crippen LogP contribution in [0.1, 0.15) is 51.9 Å². The highest BCUT2D eigenvalue weighted by Gasteiger charge is 2.46. The minimum absolute atomic E-state index is 0.192. The van der Waals surface area contributed by atoms with Gasteiger partial charge in [-0.1, -0.05) is 26.2 Å². The van der Waals surface area contributed by atoms with E-state index < -0.39 is 11.4 Å². The van der Waals surface area contributed by atoms with Crippen molar-refractivity contribution in [3.8, 4) is 0 Å². The van der Waals surface area contributed by atoms with E-state index in [1.165, 1.54) is 0 Å². The van der Waals surface area contributed by atoms with Gasteiger partial charge in [0.1, 0.15) is 0 Å². The average Bonchev–Trinajstić information content (AvgIpc) is 2.76. The number of hydrogen-bond acceptors (Lipinski definition) is 3. The van der Waals surface area contributed by atoms with E-state index >= 15 is 0 Å². The summed E-state index contributed by atoms with van der Waals surface area (Å²) in [6, 6.07) is 0.192. The summed E-state index contributed by atoms with van der Waals surface area (Å²) < 4.78 is 0. The molecule has 1 saturated carbocycles. The molecule has 2 fully saturated rings. The number of carboxylic acids is 1. The van der Waals surface area contributed by atoms with Gasteiger partial charge < -0.3 is 10.2 Å². The second kappa shape index (κ2) is 5.57. The Kier molecular flexibility index (Phi) is 4.28. The van der Waals surface area contributed by atoms with Crippen molar-refractivity contribution in [3.63, 3.8) is 0 Å². The monoisotopic (exact) mass is 255 g/mol. The van der Waals surface area contributed by atoms with E-state index in [9.17, 15) is 15.0 Å². The van der Waals surface area contributed by atoms with Gasteiger partial charge in [-0.2, -0.15) is 0 Å². The summed E-state index contributed by atoms with van der Waals surface area (Å²) in [4.78, 5) is 13.8. The Morgan fingerprint density at radius 1 is 1.39 bits per heavy atom. The Hall–Kier alpha value is -0.610. The standard InChI is InChI=1S/C14H25NO3/c1-2-7-14(13(17)18)8-9-15(10-14)11-5-3-4-6-12(11)16/h11-12,16H,2-10H2,1H3,(H,17,18). The molecule has 2 aliphatic rings. The molecule has 4 nitrogen and oxygen atoms in total. The van der Waals surface area contributed by atoms with Crippen LogP contribution in [0.2, 0.25) is 0 Å². The van der Waals surface area contributed by atoms with Crippen molar-refractivity contribution in [1.29, 1.82) is 0 Å². The molecule has 2 N–H and O–H groups in total. The lowest BCUT2D eigenvalue weighted by Gasteiger charge is -2.36. The maximum atomic E-state index is 11.5. The first kappa shape index (κ1) is 13.8. The molecule has 4 heteroatoms. The molecule has 1 heterocycles. The fraction of sp³-hybridized carbons (Fsp3) is 0.929. The van der Waals surface area contributed by atoms with Gasteiger partial charge in [0.05, 0.1) is 11.5 Å². The van der Waals surface area contributed by atoms with Crippen LogP contribution in [0.5, 0.6) is 0 Å².